The van der Waals surface area contributed by atoms with Gasteiger partial charge in [0.25, 0.3) is 17.5 Å². The molecular formula is C23H18FN3O5. The third-order valence-electron chi connectivity index (χ3n) is 4.34. The molecule has 32 heavy (non-hydrogen) atoms. The van der Waals surface area contributed by atoms with Crippen molar-refractivity contribution in [2.45, 2.75) is 0 Å². The summed E-state index contributed by atoms with van der Waals surface area (Å²) in [6.45, 7) is 0. The molecule has 9 heteroatoms. The topological polar surface area (TPSA) is 111 Å². The van der Waals surface area contributed by atoms with Gasteiger partial charge in [0.15, 0.2) is 0 Å². The van der Waals surface area contributed by atoms with Gasteiger partial charge in [-0.05, 0) is 54.1 Å². The number of carbonyl (C=O) groups excluding carboxylic acids is 2. The zero-order valence-electron chi connectivity index (χ0n) is 16.9. The first kappa shape index (κ1) is 22.2. The molecule has 0 aromatic heterocycles. The van der Waals surface area contributed by atoms with Crippen LogP contribution in [-0.2, 0) is 4.79 Å². The largest absolute Gasteiger partial charge is 0.497 e. The molecule has 0 fully saturated rings. The fraction of sp³-hybridized carbons (Fsp3) is 0.0435. The molecule has 0 saturated heterocycles. The maximum absolute atomic E-state index is 13.2. The summed E-state index contributed by atoms with van der Waals surface area (Å²) in [5.41, 5.74) is 0.579. The van der Waals surface area contributed by atoms with Crippen LogP contribution in [0.2, 0.25) is 0 Å². The molecule has 2 N–H and O–H groups in total. The van der Waals surface area contributed by atoms with Gasteiger partial charge in [-0.3, -0.25) is 19.7 Å². The lowest BCUT2D eigenvalue weighted by molar-refractivity contribution is -0.384. The predicted molar refractivity (Wildman–Crippen MR) is 117 cm³/mol. The van der Waals surface area contributed by atoms with Crippen molar-refractivity contribution in [1.29, 1.82) is 0 Å². The molecule has 2 amide bonds. The van der Waals surface area contributed by atoms with Crippen molar-refractivity contribution in [3.8, 4) is 5.75 Å². The Hall–Kier alpha value is -4.53. The first-order valence-electron chi connectivity index (χ1n) is 9.34. The van der Waals surface area contributed by atoms with E-state index in [2.05, 4.69) is 10.6 Å². The molecule has 0 heterocycles. The Balaban J connectivity index is 1.88. The van der Waals surface area contributed by atoms with Gasteiger partial charge in [0.1, 0.15) is 17.3 Å². The van der Waals surface area contributed by atoms with Gasteiger partial charge >= 0.3 is 0 Å². The van der Waals surface area contributed by atoms with E-state index in [4.69, 9.17) is 4.74 Å². The number of halogens is 1. The first-order valence-corrected chi connectivity index (χ1v) is 9.34. The fourth-order valence-electron chi connectivity index (χ4n) is 2.72. The number of nitrogens with one attached hydrogen (secondary N) is 2. The van der Waals surface area contributed by atoms with E-state index < -0.39 is 22.6 Å². The van der Waals surface area contributed by atoms with Crippen molar-refractivity contribution in [1.82, 2.24) is 5.32 Å². The molecule has 0 radical (unpaired) electrons. The quantitative estimate of drug-likeness (QED) is 0.329. The number of non-ortho nitro benzene ring substituents is 1. The summed E-state index contributed by atoms with van der Waals surface area (Å²) in [5.74, 6) is -1.16. The van der Waals surface area contributed by atoms with Crippen molar-refractivity contribution in [2.75, 3.05) is 12.4 Å². The highest BCUT2D eigenvalue weighted by Crippen LogP contribution is 2.18. The van der Waals surface area contributed by atoms with Gasteiger partial charge in [-0.15, -0.1) is 0 Å². The van der Waals surface area contributed by atoms with Crippen LogP contribution in [0.25, 0.3) is 6.08 Å². The average molecular weight is 435 g/mol. The van der Waals surface area contributed by atoms with E-state index in [-0.39, 0.29) is 22.6 Å². The van der Waals surface area contributed by atoms with Crippen molar-refractivity contribution in [2.24, 2.45) is 0 Å². The first-order chi connectivity index (χ1) is 15.4. The number of hydrogen-bond donors (Lipinski definition) is 2. The molecule has 162 valence electrons. The van der Waals surface area contributed by atoms with Crippen molar-refractivity contribution in [3.05, 3.63) is 106 Å². The Morgan fingerprint density at radius 3 is 2.34 bits per heavy atom. The van der Waals surface area contributed by atoms with Gasteiger partial charge in [0.05, 0.1) is 12.0 Å². The molecule has 0 bridgehead atoms. The van der Waals surface area contributed by atoms with E-state index in [0.717, 1.165) is 0 Å². The van der Waals surface area contributed by atoms with Gasteiger partial charge in [-0.2, -0.15) is 0 Å². The minimum absolute atomic E-state index is 0.135. The number of ether oxygens (including phenoxy) is 1. The molecule has 0 atom stereocenters. The average Bonchev–Trinajstić information content (AvgIpc) is 2.80. The summed E-state index contributed by atoms with van der Waals surface area (Å²) in [4.78, 5) is 35.9. The van der Waals surface area contributed by atoms with Gasteiger partial charge in [-0.25, -0.2) is 4.39 Å². The van der Waals surface area contributed by atoms with Crippen LogP contribution in [-0.4, -0.2) is 23.8 Å². The molecule has 0 aliphatic heterocycles. The minimum Gasteiger partial charge on any atom is -0.497 e. The number of nitro benzene ring substituents is 1. The van der Waals surface area contributed by atoms with Crippen LogP contribution in [0.15, 0.2) is 78.5 Å². The molecule has 0 unspecified atom stereocenters. The van der Waals surface area contributed by atoms with Crippen LogP contribution in [0, 0.1) is 15.9 Å². The maximum atomic E-state index is 13.2. The zero-order chi connectivity index (χ0) is 23.1. The third-order valence-corrected chi connectivity index (χ3v) is 4.34. The third kappa shape index (κ3) is 5.76. The second kappa shape index (κ2) is 9.98. The predicted octanol–water partition coefficient (Wildman–Crippen LogP) is 4.15. The normalized spacial score (nSPS) is 10.9. The summed E-state index contributed by atoms with van der Waals surface area (Å²) in [5, 5.41) is 16.0. The molecule has 3 aromatic carbocycles. The molecule has 0 saturated carbocycles. The SMILES string of the molecule is COc1ccc(C(=O)NC(=Cc2ccc(F)cc2)C(=O)Nc2cccc([N+](=O)[O-])c2)cc1. The number of hydrogen-bond acceptors (Lipinski definition) is 5. The maximum Gasteiger partial charge on any atom is 0.272 e. The van der Waals surface area contributed by atoms with Crippen LogP contribution in [0.5, 0.6) is 5.75 Å². The molecule has 3 rings (SSSR count). The van der Waals surface area contributed by atoms with Gasteiger partial charge in [0.2, 0.25) is 0 Å². The second-order valence-electron chi connectivity index (χ2n) is 6.55. The highest BCUT2D eigenvalue weighted by Gasteiger charge is 2.16. The Morgan fingerprint density at radius 2 is 1.72 bits per heavy atom. The molecule has 0 aliphatic rings. The lowest BCUT2D eigenvalue weighted by Gasteiger charge is -2.12. The molecule has 0 aliphatic carbocycles. The van der Waals surface area contributed by atoms with Gasteiger partial charge in [0, 0.05) is 23.4 Å². The summed E-state index contributed by atoms with van der Waals surface area (Å²) in [6.07, 6.45) is 1.37. The number of anilines is 1. The minimum atomic E-state index is -0.711. The van der Waals surface area contributed by atoms with E-state index in [1.165, 1.54) is 73.8 Å². The number of nitrogens with zero attached hydrogens (tertiary/aromatic N) is 1. The smallest absolute Gasteiger partial charge is 0.272 e. The summed E-state index contributed by atoms with van der Waals surface area (Å²) in [6, 6.07) is 17.0. The second-order valence-corrected chi connectivity index (χ2v) is 6.55. The van der Waals surface area contributed by atoms with Crippen molar-refractivity contribution >= 4 is 29.3 Å². The zero-order valence-corrected chi connectivity index (χ0v) is 16.9. The Morgan fingerprint density at radius 1 is 1.03 bits per heavy atom. The van der Waals surface area contributed by atoms with Crippen molar-refractivity contribution in [3.63, 3.8) is 0 Å². The monoisotopic (exact) mass is 435 g/mol. The summed E-state index contributed by atoms with van der Waals surface area (Å²) in [7, 11) is 1.50. The van der Waals surface area contributed by atoms with Crippen LogP contribution >= 0.6 is 0 Å². The number of amides is 2. The highest BCUT2D eigenvalue weighted by atomic mass is 19.1. The molecule has 8 nitrogen and oxygen atoms in total. The number of benzene rings is 3. The summed E-state index contributed by atoms with van der Waals surface area (Å²) >= 11 is 0. The highest BCUT2D eigenvalue weighted by molar-refractivity contribution is 6.10. The Bertz CT molecular complexity index is 1170. The Labute approximate surface area is 182 Å². The number of rotatable bonds is 7. The van der Waals surface area contributed by atoms with E-state index in [9.17, 15) is 24.1 Å². The number of methoxy groups -OCH3 is 1. The van der Waals surface area contributed by atoms with Crippen LogP contribution in [0.3, 0.4) is 0 Å². The van der Waals surface area contributed by atoms with Crippen LogP contribution in [0.4, 0.5) is 15.8 Å². The molecular weight excluding hydrogens is 417 g/mol. The lowest BCUT2D eigenvalue weighted by atomic mass is 10.1. The molecule has 0 spiro atoms. The number of nitro groups is 1. The van der Waals surface area contributed by atoms with Gasteiger partial charge < -0.3 is 15.4 Å². The van der Waals surface area contributed by atoms with E-state index >= 15 is 0 Å². The van der Waals surface area contributed by atoms with E-state index in [1.807, 2.05) is 0 Å². The number of carbonyl (C=O) groups is 2. The van der Waals surface area contributed by atoms with Crippen LogP contribution in [0.1, 0.15) is 15.9 Å². The Kier molecular flexibility index (Phi) is 6.92. The van der Waals surface area contributed by atoms with Crippen molar-refractivity contribution < 1.29 is 23.6 Å². The standard InChI is InChI=1S/C23H18FN3O5/c1-32-20-11-7-16(8-12-20)22(28)26-21(13-15-5-9-17(24)10-6-15)23(29)25-18-3-2-4-19(14-18)27(30)31/h2-14H,1H3,(H,25,29)(H,26,28). The molecule has 3 aromatic rings. The van der Waals surface area contributed by atoms with E-state index in [0.29, 0.717) is 11.3 Å². The lowest BCUT2D eigenvalue weighted by Crippen LogP contribution is -2.30. The van der Waals surface area contributed by atoms with Crippen LogP contribution < -0.4 is 15.4 Å². The van der Waals surface area contributed by atoms with Gasteiger partial charge in [-0.1, -0.05) is 18.2 Å². The van der Waals surface area contributed by atoms with E-state index in [1.54, 1.807) is 12.1 Å². The fourth-order valence-corrected chi connectivity index (χ4v) is 2.72. The summed E-state index contributed by atoms with van der Waals surface area (Å²) < 4.78 is 18.3.